The third kappa shape index (κ3) is 4.94. The summed E-state index contributed by atoms with van der Waals surface area (Å²) in [5, 5.41) is 16.5. The molecule has 2 aromatic carbocycles. The van der Waals surface area contributed by atoms with E-state index in [2.05, 4.69) is 39.7 Å². The number of hydrogen-bond donors (Lipinski definition) is 1. The van der Waals surface area contributed by atoms with Crippen LogP contribution in [0.5, 0.6) is 5.75 Å². The van der Waals surface area contributed by atoms with Crippen molar-refractivity contribution in [2.75, 3.05) is 7.11 Å². The zero-order valence-corrected chi connectivity index (χ0v) is 21.4. The summed E-state index contributed by atoms with van der Waals surface area (Å²) in [6.07, 6.45) is 1.78. The number of nitrogens with zero attached hydrogens (tertiary/aromatic N) is 5. The molecule has 0 aliphatic heterocycles. The van der Waals surface area contributed by atoms with Crippen LogP contribution in [-0.2, 0) is 6.54 Å². The maximum Gasteiger partial charge on any atom is 0.178 e. The first-order valence-corrected chi connectivity index (χ1v) is 12.1. The van der Waals surface area contributed by atoms with Gasteiger partial charge in [0.2, 0.25) is 0 Å². The highest BCUT2D eigenvalue weighted by atomic mass is 32.1. The second-order valence-corrected chi connectivity index (χ2v) is 9.95. The number of aryl methyl sites for hydroxylation is 3. The van der Waals surface area contributed by atoms with Crippen molar-refractivity contribution in [2.24, 2.45) is 0 Å². The molecule has 1 atom stereocenters. The van der Waals surface area contributed by atoms with Crippen LogP contribution in [0.3, 0.4) is 0 Å². The normalized spacial score (nSPS) is 12.4. The van der Waals surface area contributed by atoms with Gasteiger partial charge in [0.15, 0.2) is 17.4 Å². The molecule has 0 radical (unpaired) electrons. The Morgan fingerprint density at radius 1 is 1.11 bits per heavy atom. The number of hydrogen-bond acceptors (Lipinski definition) is 7. The largest absolute Gasteiger partial charge is 0.494 e. The van der Waals surface area contributed by atoms with E-state index in [1.807, 2.05) is 32.9 Å². The maximum absolute atomic E-state index is 15.5. The minimum atomic E-state index is -0.996. The predicted molar refractivity (Wildman–Crippen MR) is 131 cm³/mol. The minimum absolute atomic E-state index is 0.0604. The predicted octanol–water partition coefficient (Wildman–Crippen LogP) is 5.33. The Morgan fingerprint density at radius 3 is 2.46 bits per heavy atom. The molecule has 35 heavy (non-hydrogen) atoms. The van der Waals surface area contributed by atoms with Gasteiger partial charge in [-0.1, -0.05) is 31.5 Å². The van der Waals surface area contributed by atoms with Gasteiger partial charge in [-0.3, -0.25) is 5.32 Å². The van der Waals surface area contributed by atoms with E-state index < -0.39 is 17.7 Å². The standard InChI is InChI=1S/C25H28F2N6OS/c1-13(2)25-29-12-17(35-25)11-28-22(20-18(26)7-8-19(34-6)21(20)27)24-30-31-32-33(24)23-15(4)9-14(3)10-16(23)5/h7-10,12-13,22,28H,11H2,1-6H3. The fourth-order valence-corrected chi connectivity index (χ4v) is 5.08. The average Bonchev–Trinajstić information content (AvgIpc) is 3.45. The molecule has 0 saturated carbocycles. The Morgan fingerprint density at radius 2 is 1.83 bits per heavy atom. The van der Waals surface area contributed by atoms with E-state index in [0.29, 0.717) is 6.54 Å². The van der Waals surface area contributed by atoms with Crippen molar-refractivity contribution >= 4 is 11.3 Å². The average molecular weight is 499 g/mol. The molecular formula is C25H28F2N6OS. The van der Waals surface area contributed by atoms with Gasteiger partial charge in [-0.2, -0.15) is 4.68 Å². The summed E-state index contributed by atoms with van der Waals surface area (Å²) in [6, 6.07) is 5.50. The highest BCUT2D eigenvalue weighted by Crippen LogP contribution is 2.33. The monoisotopic (exact) mass is 498 g/mol. The summed E-state index contributed by atoms with van der Waals surface area (Å²) < 4.78 is 37.3. The van der Waals surface area contributed by atoms with Crippen molar-refractivity contribution in [3.05, 3.63) is 80.1 Å². The molecule has 0 aliphatic carbocycles. The fraction of sp³-hybridized carbons (Fsp3) is 0.360. The van der Waals surface area contributed by atoms with E-state index in [1.165, 1.54) is 19.2 Å². The van der Waals surface area contributed by atoms with Crippen molar-refractivity contribution in [1.82, 2.24) is 30.5 Å². The van der Waals surface area contributed by atoms with E-state index in [4.69, 9.17) is 4.74 Å². The first-order valence-electron chi connectivity index (χ1n) is 11.3. The number of aromatic nitrogens is 5. The Labute approximate surface area is 207 Å². The molecule has 0 amide bonds. The van der Waals surface area contributed by atoms with Crippen LogP contribution in [0, 0.1) is 32.4 Å². The van der Waals surface area contributed by atoms with Crippen LogP contribution < -0.4 is 10.1 Å². The summed E-state index contributed by atoms with van der Waals surface area (Å²) in [7, 11) is 1.34. The molecule has 184 valence electrons. The van der Waals surface area contributed by atoms with Gasteiger partial charge < -0.3 is 4.74 Å². The Balaban J connectivity index is 1.83. The van der Waals surface area contributed by atoms with Gasteiger partial charge in [0.05, 0.1) is 23.4 Å². The molecule has 1 unspecified atom stereocenters. The van der Waals surface area contributed by atoms with E-state index >= 15 is 8.78 Å². The van der Waals surface area contributed by atoms with Crippen LogP contribution in [0.25, 0.3) is 5.69 Å². The molecule has 4 rings (SSSR count). The number of rotatable bonds is 8. The van der Waals surface area contributed by atoms with Crippen molar-refractivity contribution < 1.29 is 13.5 Å². The van der Waals surface area contributed by atoms with Gasteiger partial charge in [0.25, 0.3) is 0 Å². The number of halogens is 2. The molecule has 10 heteroatoms. The molecule has 0 spiro atoms. The molecule has 1 N–H and O–H groups in total. The Hall–Kier alpha value is -3.24. The lowest BCUT2D eigenvalue weighted by molar-refractivity contribution is 0.375. The van der Waals surface area contributed by atoms with Crippen molar-refractivity contribution in [3.63, 3.8) is 0 Å². The number of benzene rings is 2. The van der Waals surface area contributed by atoms with E-state index in [0.717, 1.165) is 32.3 Å². The molecular weight excluding hydrogens is 470 g/mol. The third-order valence-electron chi connectivity index (χ3n) is 5.74. The van der Waals surface area contributed by atoms with Gasteiger partial charge in [-0.15, -0.1) is 16.4 Å². The van der Waals surface area contributed by atoms with Crippen molar-refractivity contribution in [3.8, 4) is 11.4 Å². The van der Waals surface area contributed by atoms with Crippen molar-refractivity contribution in [2.45, 2.75) is 53.1 Å². The Kier molecular flexibility index (Phi) is 7.23. The molecule has 2 heterocycles. The molecule has 0 aliphatic rings. The number of ether oxygens (including phenoxy) is 1. The lowest BCUT2D eigenvalue weighted by Gasteiger charge is -2.21. The van der Waals surface area contributed by atoms with Crippen LogP contribution in [0.2, 0.25) is 0 Å². The molecule has 4 aromatic rings. The second-order valence-electron chi connectivity index (χ2n) is 8.81. The number of tetrazole rings is 1. The van der Waals surface area contributed by atoms with Gasteiger partial charge in [-0.25, -0.2) is 13.8 Å². The summed E-state index contributed by atoms with van der Waals surface area (Å²) in [6.45, 7) is 10.4. The van der Waals surface area contributed by atoms with Crippen LogP contribution in [-0.4, -0.2) is 32.3 Å². The summed E-state index contributed by atoms with van der Waals surface area (Å²) in [4.78, 5) is 5.39. The summed E-state index contributed by atoms with van der Waals surface area (Å²) in [5.41, 5.74) is 3.56. The highest BCUT2D eigenvalue weighted by Gasteiger charge is 2.30. The van der Waals surface area contributed by atoms with E-state index in [-0.39, 0.29) is 23.1 Å². The molecule has 2 aromatic heterocycles. The van der Waals surface area contributed by atoms with E-state index in [9.17, 15) is 0 Å². The molecule has 0 fully saturated rings. The van der Waals surface area contributed by atoms with Gasteiger partial charge in [-0.05, 0) is 54.5 Å². The van der Waals surface area contributed by atoms with Gasteiger partial charge >= 0.3 is 0 Å². The van der Waals surface area contributed by atoms with Gasteiger partial charge in [0, 0.05) is 23.5 Å². The van der Waals surface area contributed by atoms with Crippen LogP contribution in [0.15, 0.2) is 30.5 Å². The summed E-state index contributed by atoms with van der Waals surface area (Å²) in [5.74, 6) is -1.03. The molecule has 0 bridgehead atoms. The first kappa shape index (κ1) is 24.9. The highest BCUT2D eigenvalue weighted by molar-refractivity contribution is 7.11. The number of thiazole rings is 1. The third-order valence-corrected chi connectivity index (χ3v) is 7.04. The van der Waals surface area contributed by atoms with Crippen LogP contribution >= 0.6 is 11.3 Å². The van der Waals surface area contributed by atoms with E-state index in [1.54, 1.807) is 22.2 Å². The van der Waals surface area contributed by atoms with Crippen LogP contribution in [0.4, 0.5) is 8.78 Å². The zero-order valence-electron chi connectivity index (χ0n) is 20.6. The first-order chi connectivity index (χ1) is 16.7. The smallest absolute Gasteiger partial charge is 0.178 e. The fourth-order valence-electron chi connectivity index (χ4n) is 4.21. The lowest BCUT2D eigenvalue weighted by atomic mass is 10.0. The quantitative estimate of drug-likeness (QED) is 0.354. The molecule has 7 nitrogen and oxygen atoms in total. The zero-order chi connectivity index (χ0) is 25.3. The van der Waals surface area contributed by atoms with Crippen molar-refractivity contribution in [1.29, 1.82) is 0 Å². The van der Waals surface area contributed by atoms with Gasteiger partial charge in [0.1, 0.15) is 11.9 Å². The minimum Gasteiger partial charge on any atom is -0.494 e. The van der Waals surface area contributed by atoms with Crippen LogP contribution in [0.1, 0.15) is 63.8 Å². The summed E-state index contributed by atoms with van der Waals surface area (Å²) >= 11 is 1.55. The Bertz CT molecular complexity index is 1330. The lowest BCUT2D eigenvalue weighted by Crippen LogP contribution is -2.27. The topological polar surface area (TPSA) is 77.8 Å². The molecule has 0 saturated heterocycles. The number of methoxy groups -OCH3 is 1. The number of nitrogens with one attached hydrogen (secondary N) is 1. The maximum atomic E-state index is 15.5. The SMILES string of the molecule is COc1ccc(F)c(C(NCc2cnc(C(C)C)s2)c2nnnn2-c2c(C)cc(C)cc2C)c1F. The second kappa shape index (κ2) is 10.2.